The summed E-state index contributed by atoms with van der Waals surface area (Å²) in [6, 6.07) is 9.73. The molecule has 1 aromatic heterocycles. The Morgan fingerprint density at radius 2 is 1.48 bits per heavy atom. The average molecular weight is 420 g/mol. The Morgan fingerprint density at radius 1 is 0.897 bits per heavy atom. The molecule has 2 rings (SSSR count). The van der Waals surface area contributed by atoms with E-state index < -0.39 is 10.0 Å². The molecule has 2 aromatic rings. The molecule has 0 radical (unpaired) electrons. The van der Waals surface area contributed by atoms with E-state index in [9.17, 15) is 18.0 Å². The number of esters is 1. The summed E-state index contributed by atoms with van der Waals surface area (Å²) in [7, 11) is -2.39. The number of aryl methyl sites for hydroxylation is 1. The van der Waals surface area contributed by atoms with Crippen molar-refractivity contribution < 1.29 is 22.7 Å². The zero-order chi connectivity index (χ0) is 21.3. The Bertz CT molecular complexity index is 913. The van der Waals surface area contributed by atoms with Crippen LogP contribution in [0, 0.1) is 6.92 Å². The number of hydrogen-bond donors (Lipinski definition) is 0. The normalized spacial score (nSPS) is 11.4. The smallest absolute Gasteiger partial charge is 0.305 e. The topological polar surface area (TPSA) is 82.4 Å². The second-order valence-corrected chi connectivity index (χ2v) is 8.94. The fraction of sp³-hybridized carbons (Fsp3) is 0.455. The molecule has 0 fully saturated rings. The summed E-state index contributed by atoms with van der Waals surface area (Å²) in [6.07, 6.45) is 7.55. The molecule has 158 valence electrons. The van der Waals surface area contributed by atoms with Gasteiger partial charge in [0.25, 0.3) is 10.0 Å². The fourth-order valence-corrected chi connectivity index (χ4v) is 4.47. The number of Topliss-reactive ketones (excluding diaryl/α,β-unsaturated/α-hetero) is 1. The second-order valence-electron chi connectivity index (χ2n) is 7.13. The van der Waals surface area contributed by atoms with Crippen molar-refractivity contribution in [2.24, 2.45) is 0 Å². The van der Waals surface area contributed by atoms with Gasteiger partial charge in [0.2, 0.25) is 0 Å². The summed E-state index contributed by atoms with van der Waals surface area (Å²) in [6.45, 7) is 1.89. The first-order valence-corrected chi connectivity index (χ1v) is 11.4. The summed E-state index contributed by atoms with van der Waals surface area (Å²) in [5, 5.41) is 0. The number of methoxy groups -OCH3 is 1. The minimum Gasteiger partial charge on any atom is -0.469 e. The van der Waals surface area contributed by atoms with Crippen LogP contribution in [0.1, 0.15) is 67.4 Å². The lowest BCUT2D eigenvalue weighted by Gasteiger charge is -2.10. The first-order chi connectivity index (χ1) is 13.9. The lowest BCUT2D eigenvalue weighted by Crippen LogP contribution is -2.17. The van der Waals surface area contributed by atoms with Crippen molar-refractivity contribution in [3.63, 3.8) is 0 Å². The van der Waals surface area contributed by atoms with Crippen LogP contribution in [0.25, 0.3) is 0 Å². The molecule has 0 saturated heterocycles. The standard InChI is InChI=1S/C22H29NO5S/c1-18-13-15-19(16-14-18)29(26,27)23-17-9-10-20(23)21(24)11-7-5-3-4-6-8-12-22(25)28-2/h9-10,13-17H,3-8,11-12H2,1-2H3. The van der Waals surface area contributed by atoms with Crippen molar-refractivity contribution in [2.75, 3.05) is 7.11 Å². The van der Waals surface area contributed by atoms with Crippen LogP contribution in [-0.4, -0.2) is 31.3 Å². The molecule has 0 saturated carbocycles. The number of carbonyl (C=O) groups is 2. The molecule has 0 spiro atoms. The summed E-state index contributed by atoms with van der Waals surface area (Å²) < 4.78 is 31.4. The number of hydrogen-bond acceptors (Lipinski definition) is 5. The van der Waals surface area contributed by atoms with Gasteiger partial charge < -0.3 is 4.74 Å². The molecular weight excluding hydrogens is 390 g/mol. The predicted molar refractivity (Wildman–Crippen MR) is 111 cm³/mol. The maximum absolute atomic E-state index is 12.9. The summed E-state index contributed by atoms with van der Waals surface area (Å²) in [5.74, 6) is -0.351. The summed E-state index contributed by atoms with van der Waals surface area (Å²) in [4.78, 5) is 23.8. The Balaban J connectivity index is 1.83. The molecule has 0 amide bonds. The summed E-state index contributed by atoms with van der Waals surface area (Å²) in [5.41, 5.74) is 1.17. The third-order valence-electron chi connectivity index (χ3n) is 4.84. The molecule has 0 aliphatic rings. The molecule has 1 heterocycles. The molecule has 0 aliphatic carbocycles. The first-order valence-electron chi connectivity index (χ1n) is 9.96. The molecular formula is C22H29NO5S. The number of ether oxygens (including phenoxy) is 1. The van der Waals surface area contributed by atoms with Crippen molar-refractivity contribution in [3.8, 4) is 0 Å². The molecule has 0 atom stereocenters. The van der Waals surface area contributed by atoms with Gasteiger partial charge >= 0.3 is 5.97 Å². The number of unbranched alkanes of at least 4 members (excludes halogenated alkanes) is 5. The fourth-order valence-electron chi connectivity index (χ4n) is 3.11. The highest BCUT2D eigenvalue weighted by atomic mass is 32.2. The molecule has 7 heteroatoms. The van der Waals surface area contributed by atoms with Crippen LogP contribution in [0.2, 0.25) is 0 Å². The Labute approximate surface area is 172 Å². The van der Waals surface area contributed by atoms with Gasteiger partial charge in [0.1, 0.15) is 0 Å². The first kappa shape index (κ1) is 22.9. The van der Waals surface area contributed by atoms with Crippen molar-refractivity contribution >= 4 is 21.8 Å². The van der Waals surface area contributed by atoms with E-state index in [1.807, 2.05) is 6.92 Å². The van der Waals surface area contributed by atoms with E-state index in [0.717, 1.165) is 41.6 Å². The van der Waals surface area contributed by atoms with Crippen molar-refractivity contribution in [3.05, 3.63) is 53.9 Å². The van der Waals surface area contributed by atoms with Crippen LogP contribution < -0.4 is 0 Å². The Hall–Kier alpha value is -2.41. The van der Waals surface area contributed by atoms with E-state index in [1.165, 1.54) is 13.3 Å². The van der Waals surface area contributed by atoms with Crippen LogP contribution in [0.15, 0.2) is 47.5 Å². The maximum atomic E-state index is 12.9. The Morgan fingerprint density at radius 3 is 2.10 bits per heavy atom. The van der Waals surface area contributed by atoms with Gasteiger partial charge in [-0.15, -0.1) is 0 Å². The highest BCUT2D eigenvalue weighted by molar-refractivity contribution is 7.90. The third-order valence-corrected chi connectivity index (χ3v) is 6.54. The maximum Gasteiger partial charge on any atom is 0.305 e. The van der Waals surface area contributed by atoms with Gasteiger partial charge in [-0.2, -0.15) is 0 Å². The van der Waals surface area contributed by atoms with Crippen molar-refractivity contribution in [1.82, 2.24) is 3.97 Å². The SMILES string of the molecule is COC(=O)CCCCCCCCC(=O)c1cccn1S(=O)(=O)c1ccc(C)cc1. The van der Waals surface area contributed by atoms with Crippen LogP contribution in [-0.2, 0) is 19.6 Å². The largest absolute Gasteiger partial charge is 0.469 e. The Kier molecular flexibility index (Phi) is 8.64. The minimum atomic E-state index is -3.78. The number of ketones is 1. The van der Waals surface area contributed by atoms with Crippen LogP contribution >= 0.6 is 0 Å². The molecule has 0 N–H and O–H groups in total. The number of benzene rings is 1. The zero-order valence-corrected chi connectivity index (χ0v) is 17.9. The molecule has 0 aliphatic heterocycles. The van der Waals surface area contributed by atoms with Gasteiger partial charge in [-0.05, 0) is 44.0 Å². The molecule has 1 aromatic carbocycles. The lowest BCUT2D eigenvalue weighted by atomic mass is 10.1. The van der Waals surface area contributed by atoms with Crippen LogP contribution in [0.3, 0.4) is 0 Å². The highest BCUT2D eigenvalue weighted by Gasteiger charge is 2.22. The van der Waals surface area contributed by atoms with Crippen molar-refractivity contribution in [2.45, 2.75) is 63.2 Å². The number of carbonyl (C=O) groups excluding carboxylic acids is 2. The van der Waals surface area contributed by atoms with E-state index in [-0.39, 0.29) is 22.3 Å². The van der Waals surface area contributed by atoms with Crippen LogP contribution in [0.4, 0.5) is 0 Å². The van der Waals surface area contributed by atoms with Gasteiger partial charge in [-0.3, -0.25) is 9.59 Å². The van der Waals surface area contributed by atoms with Crippen molar-refractivity contribution in [1.29, 1.82) is 0 Å². The third kappa shape index (κ3) is 6.56. The van der Waals surface area contributed by atoms with E-state index in [4.69, 9.17) is 0 Å². The van der Waals surface area contributed by atoms with Gasteiger partial charge in [0, 0.05) is 19.0 Å². The van der Waals surface area contributed by atoms with E-state index in [0.29, 0.717) is 19.3 Å². The van der Waals surface area contributed by atoms with Gasteiger partial charge in [-0.1, -0.05) is 43.4 Å². The van der Waals surface area contributed by atoms with Gasteiger partial charge in [0.05, 0.1) is 17.7 Å². The highest BCUT2D eigenvalue weighted by Crippen LogP contribution is 2.19. The van der Waals surface area contributed by atoms with E-state index in [1.54, 1.807) is 36.4 Å². The van der Waals surface area contributed by atoms with Gasteiger partial charge in [-0.25, -0.2) is 12.4 Å². The molecule has 0 unspecified atom stereocenters. The molecule has 6 nitrogen and oxygen atoms in total. The van der Waals surface area contributed by atoms with E-state index in [2.05, 4.69) is 4.74 Å². The van der Waals surface area contributed by atoms with E-state index >= 15 is 0 Å². The second kappa shape index (κ2) is 11.0. The average Bonchev–Trinajstić information content (AvgIpc) is 3.21. The lowest BCUT2D eigenvalue weighted by molar-refractivity contribution is -0.140. The number of aromatic nitrogens is 1. The zero-order valence-electron chi connectivity index (χ0n) is 17.1. The number of rotatable bonds is 12. The monoisotopic (exact) mass is 419 g/mol. The van der Waals surface area contributed by atoms with Crippen LogP contribution in [0.5, 0.6) is 0 Å². The van der Waals surface area contributed by atoms with Gasteiger partial charge in [0.15, 0.2) is 5.78 Å². The predicted octanol–water partition coefficient (Wildman–Crippen LogP) is 4.51. The molecule has 29 heavy (non-hydrogen) atoms. The summed E-state index contributed by atoms with van der Waals surface area (Å²) >= 11 is 0. The quantitative estimate of drug-likeness (QED) is 0.287. The minimum absolute atomic E-state index is 0.167. The molecule has 0 bridgehead atoms. The number of nitrogens with zero attached hydrogens (tertiary/aromatic N) is 1.